The first kappa shape index (κ1) is 12.6. The van der Waals surface area contributed by atoms with E-state index in [0.29, 0.717) is 11.2 Å². The maximum Gasteiger partial charge on any atom is 0.278 e. The number of nitrogen functional groups attached to an aromatic ring is 1. The van der Waals surface area contributed by atoms with E-state index in [1.165, 1.54) is 0 Å². The summed E-state index contributed by atoms with van der Waals surface area (Å²) in [6.07, 6.45) is 5.12. The van der Waals surface area contributed by atoms with Crippen molar-refractivity contribution in [1.82, 2.24) is 19.9 Å². The molecule has 0 aliphatic rings. The van der Waals surface area contributed by atoms with Crippen molar-refractivity contribution in [3.63, 3.8) is 0 Å². The average molecular weight is 250 g/mol. The highest BCUT2D eigenvalue weighted by atomic mass is 16.1. The van der Waals surface area contributed by atoms with Crippen molar-refractivity contribution in [1.29, 1.82) is 0 Å². The Bertz CT molecular complexity index is 572. The molecule has 2 rings (SSSR count). The molecule has 0 atom stereocenters. The summed E-state index contributed by atoms with van der Waals surface area (Å²) in [7, 11) is 0. The molecule has 98 valence electrons. The fraction of sp³-hybridized carbons (Fsp3) is 0.545. The molecule has 2 aromatic heterocycles. The molecular formula is C11H18N6O. The van der Waals surface area contributed by atoms with Crippen LogP contribution < -0.4 is 17.0 Å². The number of rotatable bonds is 6. The van der Waals surface area contributed by atoms with Gasteiger partial charge in [-0.15, -0.1) is 0 Å². The third-order valence-corrected chi connectivity index (χ3v) is 2.80. The van der Waals surface area contributed by atoms with Crippen molar-refractivity contribution in [3.8, 4) is 0 Å². The lowest BCUT2D eigenvalue weighted by Gasteiger charge is -1.97. The van der Waals surface area contributed by atoms with Crippen LogP contribution in [0.5, 0.6) is 0 Å². The summed E-state index contributed by atoms with van der Waals surface area (Å²) in [4.78, 5) is 25.2. The Kier molecular flexibility index (Phi) is 3.93. The van der Waals surface area contributed by atoms with Gasteiger partial charge >= 0.3 is 0 Å². The van der Waals surface area contributed by atoms with E-state index in [1.807, 2.05) is 0 Å². The molecule has 7 nitrogen and oxygen atoms in total. The molecular weight excluding hydrogens is 232 g/mol. The summed E-state index contributed by atoms with van der Waals surface area (Å²) in [5.41, 5.74) is 11.4. The van der Waals surface area contributed by atoms with Gasteiger partial charge in [0, 0.05) is 6.42 Å². The first-order valence-corrected chi connectivity index (χ1v) is 6.15. The number of nitrogens with two attached hydrogens (primary N) is 2. The zero-order valence-corrected chi connectivity index (χ0v) is 10.2. The molecule has 0 aromatic carbocycles. The number of hydrogen-bond donors (Lipinski definition) is 4. The van der Waals surface area contributed by atoms with Gasteiger partial charge in [0.2, 0.25) is 5.95 Å². The lowest BCUT2D eigenvalue weighted by atomic mass is 10.1. The second kappa shape index (κ2) is 5.63. The Morgan fingerprint density at radius 3 is 2.61 bits per heavy atom. The van der Waals surface area contributed by atoms with Gasteiger partial charge in [0.1, 0.15) is 5.82 Å². The normalized spacial score (nSPS) is 11.2. The topological polar surface area (TPSA) is 126 Å². The molecule has 0 saturated heterocycles. The van der Waals surface area contributed by atoms with Crippen molar-refractivity contribution >= 4 is 17.1 Å². The zero-order valence-electron chi connectivity index (χ0n) is 10.2. The number of aryl methyl sites for hydroxylation is 1. The Labute approximate surface area is 104 Å². The van der Waals surface area contributed by atoms with Gasteiger partial charge in [-0.2, -0.15) is 4.98 Å². The summed E-state index contributed by atoms with van der Waals surface area (Å²) in [6.45, 7) is 0.739. The molecule has 0 aliphatic heterocycles. The van der Waals surface area contributed by atoms with Crippen molar-refractivity contribution in [3.05, 3.63) is 16.2 Å². The summed E-state index contributed by atoms with van der Waals surface area (Å²) in [5, 5.41) is 0. The number of hydrogen-bond acceptors (Lipinski definition) is 5. The number of H-pyrrole nitrogens is 2. The average Bonchev–Trinajstić information content (AvgIpc) is 2.72. The minimum Gasteiger partial charge on any atom is -0.369 e. The van der Waals surface area contributed by atoms with E-state index in [2.05, 4.69) is 19.9 Å². The lowest BCUT2D eigenvalue weighted by molar-refractivity contribution is 0.638. The SMILES string of the molecule is NCCCCCCc1nc2nc(N)[nH]c(=O)c2[nH]1. The van der Waals surface area contributed by atoms with Crippen LogP contribution in [0.1, 0.15) is 31.5 Å². The van der Waals surface area contributed by atoms with Crippen LogP contribution in [-0.2, 0) is 6.42 Å². The van der Waals surface area contributed by atoms with Gasteiger partial charge in [-0.25, -0.2) is 4.98 Å². The second-order valence-corrected chi connectivity index (χ2v) is 4.29. The Morgan fingerprint density at radius 1 is 1.06 bits per heavy atom. The first-order chi connectivity index (χ1) is 8.70. The predicted octanol–water partition coefficient (Wildman–Crippen LogP) is 0.290. The highest BCUT2D eigenvalue weighted by Gasteiger charge is 2.08. The first-order valence-electron chi connectivity index (χ1n) is 6.15. The summed E-state index contributed by atoms with van der Waals surface area (Å²) >= 11 is 0. The summed E-state index contributed by atoms with van der Waals surface area (Å²) in [6, 6.07) is 0. The molecule has 0 bridgehead atoms. The summed E-state index contributed by atoms with van der Waals surface area (Å²) < 4.78 is 0. The number of nitrogens with zero attached hydrogens (tertiary/aromatic N) is 2. The molecule has 0 radical (unpaired) electrons. The number of nitrogens with one attached hydrogen (secondary N) is 2. The number of anilines is 1. The lowest BCUT2D eigenvalue weighted by Crippen LogP contribution is -2.10. The van der Waals surface area contributed by atoms with Crippen LogP contribution in [0.4, 0.5) is 5.95 Å². The molecule has 0 spiro atoms. The molecule has 0 fully saturated rings. The molecule has 7 heteroatoms. The molecule has 0 unspecified atom stereocenters. The van der Waals surface area contributed by atoms with Crippen LogP contribution in [0.3, 0.4) is 0 Å². The highest BCUT2D eigenvalue weighted by Crippen LogP contribution is 2.08. The maximum absolute atomic E-state index is 11.6. The van der Waals surface area contributed by atoms with Gasteiger partial charge in [0.15, 0.2) is 11.2 Å². The van der Waals surface area contributed by atoms with E-state index in [1.54, 1.807) is 0 Å². The quantitative estimate of drug-likeness (QED) is 0.548. The highest BCUT2D eigenvalue weighted by molar-refractivity contribution is 5.70. The van der Waals surface area contributed by atoms with Crippen molar-refractivity contribution in [2.24, 2.45) is 5.73 Å². The number of unbranched alkanes of at least 4 members (excludes halogenated alkanes) is 3. The number of aromatic nitrogens is 4. The standard InChI is InChI=1S/C11H18N6O/c12-6-4-2-1-3-5-7-14-8-9(15-7)16-11(13)17-10(8)18/h1-6,12H2,(H4,13,14,15,16,17,18). The molecule has 0 aliphatic carbocycles. The second-order valence-electron chi connectivity index (χ2n) is 4.29. The third-order valence-electron chi connectivity index (χ3n) is 2.80. The van der Waals surface area contributed by atoms with Crippen LogP contribution in [0.25, 0.3) is 11.2 Å². The van der Waals surface area contributed by atoms with Gasteiger partial charge in [-0.3, -0.25) is 9.78 Å². The Balaban J connectivity index is 2.02. The van der Waals surface area contributed by atoms with Crippen LogP contribution in [0.2, 0.25) is 0 Å². The van der Waals surface area contributed by atoms with Gasteiger partial charge in [0.25, 0.3) is 5.56 Å². The van der Waals surface area contributed by atoms with Crippen molar-refractivity contribution in [2.75, 3.05) is 12.3 Å². The van der Waals surface area contributed by atoms with E-state index in [9.17, 15) is 4.79 Å². The maximum atomic E-state index is 11.6. The number of aromatic amines is 2. The van der Waals surface area contributed by atoms with Crippen molar-refractivity contribution < 1.29 is 0 Å². The minimum atomic E-state index is -0.278. The largest absolute Gasteiger partial charge is 0.369 e. The minimum absolute atomic E-state index is 0.0912. The predicted molar refractivity (Wildman–Crippen MR) is 70.1 cm³/mol. The Morgan fingerprint density at radius 2 is 1.83 bits per heavy atom. The molecule has 0 amide bonds. The van der Waals surface area contributed by atoms with E-state index in [4.69, 9.17) is 11.5 Å². The monoisotopic (exact) mass is 250 g/mol. The van der Waals surface area contributed by atoms with E-state index in [-0.39, 0.29) is 11.5 Å². The molecule has 0 saturated carbocycles. The van der Waals surface area contributed by atoms with Gasteiger partial charge in [-0.05, 0) is 19.4 Å². The Hall–Kier alpha value is -1.89. The van der Waals surface area contributed by atoms with Crippen LogP contribution in [-0.4, -0.2) is 26.5 Å². The number of fused-ring (bicyclic) bond motifs is 1. The summed E-state index contributed by atoms with van der Waals surface area (Å²) in [5.74, 6) is 0.870. The molecule has 6 N–H and O–H groups in total. The molecule has 18 heavy (non-hydrogen) atoms. The van der Waals surface area contributed by atoms with Gasteiger partial charge < -0.3 is 16.5 Å². The van der Waals surface area contributed by atoms with Gasteiger partial charge in [-0.1, -0.05) is 12.8 Å². The van der Waals surface area contributed by atoms with E-state index < -0.39 is 0 Å². The fourth-order valence-electron chi connectivity index (χ4n) is 1.88. The van der Waals surface area contributed by atoms with Crippen molar-refractivity contribution in [2.45, 2.75) is 32.1 Å². The van der Waals surface area contributed by atoms with E-state index in [0.717, 1.165) is 44.5 Å². The molecule has 2 aromatic rings. The fourth-order valence-corrected chi connectivity index (χ4v) is 1.88. The molecule has 2 heterocycles. The van der Waals surface area contributed by atoms with Crippen LogP contribution in [0.15, 0.2) is 4.79 Å². The third kappa shape index (κ3) is 2.86. The zero-order chi connectivity index (χ0) is 13.0. The van der Waals surface area contributed by atoms with Crippen LogP contribution >= 0.6 is 0 Å². The number of imidazole rings is 1. The van der Waals surface area contributed by atoms with E-state index >= 15 is 0 Å². The smallest absolute Gasteiger partial charge is 0.278 e. The van der Waals surface area contributed by atoms with Gasteiger partial charge in [0.05, 0.1) is 0 Å². The van der Waals surface area contributed by atoms with Crippen LogP contribution in [0, 0.1) is 0 Å².